The monoisotopic (exact) mass is 393 g/mol. The van der Waals surface area contributed by atoms with E-state index in [1.54, 1.807) is 18.6 Å². The highest BCUT2D eigenvalue weighted by Crippen LogP contribution is 2.34. The second-order valence-corrected chi connectivity index (χ2v) is 6.79. The molecule has 7 nitrogen and oxygen atoms in total. The number of hydrogen-bond acceptors (Lipinski definition) is 5. The van der Waals surface area contributed by atoms with E-state index in [9.17, 15) is 4.79 Å². The van der Waals surface area contributed by atoms with Crippen LogP contribution >= 0.6 is 0 Å². The van der Waals surface area contributed by atoms with Gasteiger partial charge in [-0.1, -0.05) is 12.1 Å². The average molecular weight is 393 g/mol. The van der Waals surface area contributed by atoms with Gasteiger partial charge in [0, 0.05) is 24.2 Å². The first-order valence-corrected chi connectivity index (χ1v) is 9.46. The maximum absolute atomic E-state index is 11.6. The second kappa shape index (κ2) is 7.63. The average Bonchev–Trinajstić information content (AvgIpc) is 3.18. The van der Waals surface area contributed by atoms with E-state index < -0.39 is 0 Å². The van der Waals surface area contributed by atoms with Crippen LogP contribution in [0.5, 0.6) is 0 Å². The van der Waals surface area contributed by atoms with Crippen molar-refractivity contribution in [3.8, 4) is 11.3 Å². The predicted molar refractivity (Wildman–Crippen MR) is 115 cm³/mol. The molecule has 0 fully saturated rings. The van der Waals surface area contributed by atoms with Crippen LogP contribution in [-0.4, -0.2) is 21.0 Å². The van der Waals surface area contributed by atoms with Crippen LogP contribution in [0.4, 0.5) is 27.5 Å². The lowest BCUT2D eigenvalue weighted by molar-refractivity contribution is 0.256. The molecule has 1 aliphatic heterocycles. The van der Waals surface area contributed by atoms with Gasteiger partial charge >= 0.3 is 6.03 Å². The van der Waals surface area contributed by atoms with Gasteiger partial charge in [-0.15, -0.1) is 0 Å². The molecule has 1 N–H and O–H groups in total. The fourth-order valence-electron chi connectivity index (χ4n) is 3.48. The van der Waals surface area contributed by atoms with Crippen molar-refractivity contribution >= 4 is 28.8 Å². The first kappa shape index (κ1) is 17.8. The Morgan fingerprint density at radius 3 is 2.30 bits per heavy atom. The molecule has 0 spiro atoms. The quantitative estimate of drug-likeness (QED) is 0.533. The van der Waals surface area contributed by atoms with Gasteiger partial charge in [-0.2, -0.15) is 5.32 Å². The van der Waals surface area contributed by atoms with Gasteiger partial charge in [0.25, 0.3) is 0 Å². The molecule has 1 radical (unpaired) electrons. The van der Waals surface area contributed by atoms with E-state index in [2.05, 4.69) is 36.6 Å². The Balaban J connectivity index is 1.55. The molecule has 4 heterocycles. The van der Waals surface area contributed by atoms with Gasteiger partial charge in [0.15, 0.2) is 0 Å². The van der Waals surface area contributed by atoms with E-state index in [4.69, 9.17) is 0 Å². The number of nitrogens with one attached hydrogen (secondary N) is 1. The van der Waals surface area contributed by atoms with Gasteiger partial charge < -0.3 is 10.2 Å². The summed E-state index contributed by atoms with van der Waals surface area (Å²) in [6, 6.07) is 17.2. The van der Waals surface area contributed by atoms with E-state index in [0.717, 1.165) is 28.2 Å². The third-order valence-electron chi connectivity index (χ3n) is 4.87. The molecule has 2 amide bonds. The second-order valence-electron chi connectivity index (χ2n) is 6.79. The summed E-state index contributed by atoms with van der Waals surface area (Å²) in [5.74, 6) is 0. The maximum atomic E-state index is 11.6. The number of hydrogen-bond donors (Lipinski definition) is 1. The van der Waals surface area contributed by atoms with Crippen molar-refractivity contribution < 1.29 is 4.79 Å². The van der Waals surface area contributed by atoms with Crippen LogP contribution in [0.1, 0.15) is 5.56 Å². The van der Waals surface area contributed by atoms with Crippen LogP contribution in [-0.2, 0) is 6.54 Å². The SMILES string of the molecule is O=C1[N]c2cc(-c3ncccc3CN(c3cccnc3)c3cccnc3)ccc2N1. The zero-order valence-corrected chi connectivity index (χ0v) is 15.9. The highest BCUT2D eigenvalue weighted by Gasteiger charge is 2.21. The lowest BCUT2D eigenvalue weighted by Gasteiger charge is -2.25. The van der Waals surface area contributed by atoms with Crippen molar-refractivity contribution in [2.45, 2.75) is 6.54 Å². The summed E-state index contributed by atoms with van der Waals surface area (Å²) in [7, 11) is 0. The van der Waals surface area contributed by atoms with Crippen molar-refractivity contribution in [3.63, 3.8) is 0 Å². The molecule has 3 aromatic heterocycles. The molecule has 0 aliphatic carbocycles. The number of nitrogens with zero attached hydrogens (tertiary/aromatic N) is 5. The number of pyridine rings is 3. The third-order valence-corrected chi connectivity index (χ3v) is 4.87. The Kier molecular flexibility index (Phi) is 4.53. The fraction of sp³-hybridized carbons (Fsp3) is 0.0435. The Morgan fingerprint density at radius 2 is 1.60 bits per heavy atom. The summed E-state index contributed by atoms with van der Waals surface area (Å²) < 4.78 is 0. The molecule has 0 unspecified atom stereocenters. The Morgan fingerprint density at radius 1 is 0.867 bits per heavy atom. The molecule has 145 valence electrons. The largest absolute Gasteiger partial charge is 0.346 e. The number of aromatic nitrogens is 3. The van der Waals surface area contributed by atoms with Crippen LogP contribution < -0.4 is 15.5 Å². The molecular formula is C23H17N6O. The maximum Gasteiger partial charge on any atom is 0.346 e. The zero-order valence-electron chi connectivity index (χ0n) is 15.9. The van der Waals surface area contributed by atoms with Crippen LogP contribution in [0.25, 0.3) is 11.3 Å². The summed E-state index contributed by atoms with van der Waals surface area (Å²) in [5, 5.41) is 6.74. The Labute approximate surface area is 173 Å². The minimum absolute atomic E-state index is 0.345. The number of amides is 2. The molecule has 0 saturated carbocycles. The number of urea groups is 1. The first-order chi connectivity index (χ1) is 14.8. The Bertz CT molecular complexity index is 1160. The summed E-state index contributed by atoms with van der Waals surface area (Å²) in [4.78, 5) is 26.9. The minimum atomic E-state index is -0.345. The van der Waals surface area contributed by atoms with Crippen molar-refractivity contribution in [3.05, 3.63) is 91.1 Å². The van der Waals surface area contributed by atoms with Crippen LogP contribution in [0, 0.1) is 0 Å². The molecule has 4 aromatic rings. The van der Waals surface area contributed by atoms with E-state index >= 15 is 0 Å². The van der Waals surface area contributed by atoms with E-state index in [-0.39, 0.29) is 6.03 Å². The van der Waals surface area contributed by atoms with E-state index in [1.807, 2.05) is 60.9 Å². The van der Waals surface area contributed by atoms with Gasteiger partial charge in [0.1, 0.15) is 0 Å². The normalized spacial score (nSPS) is 12.1. The van der Waals surface area contributed by atoms with Gasteiger partial charge in [-0.25, -0.2) is 4.79 Å². The van der Waals surface area contributed by atoms with Gasteiger partial charge in [0.05, 0.1) is 47.4 Å². The highest BCUT2D eigenvalue weighted by molar-refractivity contribution is 6.02. The van der Waals surface area contributed by atoms with E-state index in [0.29, 0.717) is 17.9 Å². The molecule has 0 atom stereocenters. The molecule has 5 rings (SSSR count). The molecule has 30 heavy (non-hydrogen) atoms. The number of rotatable bonds is 5. The first-order valence-electron chi connectivity index (χ1n) is 9.46. The highest BCUT2D eigenvalue weighted by atomic mass is 16.2. The van der Waals surface area contributed by atoms with Crippen molar-refractivity contribution in [1.82, 2.24) is 20.3 Å². The van der Waals surface area contributed by atoms with Crippen LogP contribution in [0.2, 0.25) is 0 Å². The lowest BCUT2D eigenvalue weighted by Crippen LogP contribution is -2.17. The van der Waals surface area contributed by atoms with Crippen LogP contribution in [0.15, 0.2) is 85.6 Å². The molecule has 1 aromatic carbocycles. The molecule has 0 bridgehead atoms. The van der Waals surface area contributed by atoms with Gasteiger partial charge in [0.2, 0.25) is 0 Å². The minimum Gasteiger partial charge on any atom is -0.334 e. The summed E-state index contributed by atoms with van der Waals surface area (Å²) >= 11 is 0. The summed E-state index contributed by atoms with van der Waals surface area (Å²) in [6.07, 6.45) is 8.93. The number of carbonyl (C=O) groups excluding carboxylic acids is 1. The smallest absolute Gasteiger partial charge is 0.334 e. The topological polar surface area (TPSA) is 85.1 Å². The van der Waals surface area contributed by atoms with Crippen molar-refractivity contribution in [2.75, 3.05) is 10.2 Å². The Hall–Kier alpha value is -4.26. The zero-order chi connectivity index (χ0) is 20.3. The summed E-state index contributed by atoms with van der Waals surface area (Å²) in [5.41, 5.74) is 6.04. The predicted octanol–water partition coefficient (Wildman–Crippen LogP) is 4.66. The third kappa shape index (κ3) is 3.44. The number of carbonyl (C=O) groups is 1. The fourth-order valence-corrected chi connectivity index (χ4v) is 3.48. The van der Waals surface area contributed by atoms with Gasteiger partial charge in [-0.3, -0.25) is 15.0 Å². The number of benzene rings is 1. The van der Waals surface area contributed by atoms with Crippen molar-refractivity contribution in [1.29, 1.82) is 0 Å². The number of fused-ring (bicyclic) bond motifs is 1. The molecular weight excluding hydrogens is 376 g/mol. The molecule has 1 aliphatic rings. The number of anilines is 3. The van der Waals surface area contributed by atoms with Crippen molar-refractivity contribution in [2.24, 2.45) is 0 Å². The molecule has 0 saturated heterocycles. The standard InChI is InChI=1S/C23H17N6O/c30-23-27-20-8-7-16(12-21(20)28-23)22-17(4-1-11-26-22)15-29(18-5-2-9-24-13-18)19-6-3-10-25-14-19/h1-14H,15H2,(H,27,30). The summed E-state index contributed by atoms with van der Waals surface area (Å²) in [6.45, 7) is 0.575. The lowest BCUT2D eigenvalue weighted by atomic mass is 10.0. The van der Waals surface area contributed by atoms with Gasteiger partial charge in [-0.05, 0) is 48.0 Å². The molecule has 7 heteroatoms. The van der Waals surface area contributed by atoms with Crippen LogP contribution in [0.3, 0.4) is 0 Å². The van der Waals surface area contributed by atoms with E-state index in [1.165, 1.54) is 0 Å².